The van der Waals surface area contributed by atoms with Gasteiger partial charge in [0.15, 0.2) is 0 Å². The van der Waals surface area contributed by atoms with Crippen molar-refractivity contribution in [1.82, 2.24) is 14.5 Å². The van der Waals surface area contributed by atoms with Gasteiger partial charge in [-0.1, -0.05) is 11.6 Å². The molecule has 0 radical (unpaired) electrons. The molecule has 0 aromatic carbocycles. The van der Waals surface area contributed by atoms with Crippen LogP contribution in [-0.4, -0.2) is 46.7 Å². The first-order chi connectivity index (χ1) is 10.9. The van der Waals surface area contributed by atoms with Gasteiger partial charge in [0, 0.05) is 55.8 Å². The summed E-state index contributed by atoms with van der Waals surface area (Å²) in [6.07, 6.45) is 2.68. The summed E-state index contributed by atoms with van der Waals surface area (Å²) in [5.41, 5.74) is 3.60. The summed E-state index contributed by atoms with van der Waals surface area (Å²) in [6, 6.07) is 0.828. The van der Waals surface area contributed by atoms with Gasteiger partial charge in [0.25, 0.3) is 5.56 Å². The third-order valence-corrected chi connectivity index (χ3v) is 5.94. The van der Waals surface area contributed by atoms with Gasteiger partial charge in [-0.2, -0.15) is 0 Å². The molecule has 0 aliphatic carbocycles. The van der Waals surface area contributed by atoms with Gasteiger partial charge in [0.05, 0.1) is 21.9 Å². The fourth-order valence-electron chi connectivity index (χ4n) is 4.02. The molecule has 1 fully saturated rings. The molecule has 2 atom stereocenters. The van der Waals surface area contributed by atoms with Crippen LogP contribution in [0.1, 0.15) is 18.2 Å². The van der Waals surface area contributed by atoms with E-state index in [1.165, 1.54) is 0 Å². The van der Waals surface area contributed by atoms with Gasteiger partial charge in [-0.15, -0.1) is 0 Å². The van der Waals surface area contributed by atoms with Crippen LogP contribution in [0.25, 0.3) is 10.9 Å². The quantitative estimate of drug-likeness (QED) is 0.739. The van der Waals surface area contributed by atoms with E-state index in [0.717, 1.165) is 47.4 Å². The van der Waals surface area contributed by atoms with E-state index in [-0.39, 0.29) is 5.56 Å². The fraction of sp³-hybridized carbons (Fsp3) is 0.529. The van der Waals surface area contributed by atoms with Gasteiger partial charge in [-0.25, -0.2) is 0 Å². The Labute approximate surface area is 140 Å². The number of likely N-dealkylation sites (N-methyl/N-ethyl adjacent to an activating group) is 1. The van der Waals surface area contributed by atoms with Crippen LogP contribution in [0.15, 0.2) is 11.0 Å². The summed E-state index contributed by atoms with van der Waals surface area (Å²) in [7, 11) is 3.96. The zero-order chi connectivity index (χ0) is 16.5. The van der Waals surface area contributed by atoms with Gasteiger partial charge in [0.2, 0.25) is 0 Å². The number of hydrogen-bond donors (Lipinski definition) is 0. The fourth-order valence-corrected chi connectivity index (χ4v) is 4.30. The zero-order valence-corrected chi connectivity index (χ0v) is 14.7. The van der Waals surface area contributed by atoms with Crippen LogP contribution in [0, 0.1) is 6.92 Å². The minimum absolute atomic E-state index is 0.0738. The van der Waals surface area contributed by atoms with Crippen LogP contribution >= 0.6 is 11.6 Å². The Bertz CT molecular complexity index is 875. The first kappa shape index (κ1) is 15.0. The smallest absolute Gasteiger partial charge is 0.256 e. The molecular weight excluding hydrogens is 312 g/mol. The van der Waals surface area contributed by atoms with Crippen molar-refractivity contribution in [2.24, 2.45) is 7.05 Å². The number of halogens is 1. The molecule has 0 spiro atoms. The van der Waals surface area contributed by atoms with Gasteiger partial charge < -0.3 is 9.47 Å². The van der Waals surface area contributed by atoms with Crippen molar-refractivity contribution in [2.75, 3.05) is 25.0 Å². The molecule has 5 nitrogen and oxygen atoms in total. The Hall–Kier alpha value is -1.59. The van der Waals surface area contributed by atoms with Crippen molar-refractivity contribution in [3.63, 3.8) is 0 Å². The summed E-state index contributed by atoms with van der Waals surface area (Å²) in [5, 5.41) is 1.58. The molecule has 1 saturated heterocycles. The first-order valence-corrected chi connectivity index (χ1v) is 8.41. The summed E-state index contributed by atoms with van der Waals surface area (Å²) >= 11 is 6.48. The molecule has 2 aromatic heterocycles. The lowest BCUT2D eigenvalue weighted by molar-refractivity contribution is 0.204. The number of anilines is 1. The summed E-state index contributed by atoms with van der Waals surface area (Å²) in [4.78, 5) is 22.1. The van der Waals surface area contributed by atoms with Crippen LogP contribution < -0.4 is 10.5 Å². The lowest BCUT2D eigenvalue weighted by Crippen LogP contribution is -2.54. The number of aromatic nitrogens is 2. The Morgan fingerprint density at radius 1 is 1.30 bits per heavy atom. The molecule has 23 heavy (non-hydrogen) atoms. The monoisotopic (exact) mass is 332 g/mol. The summed E-state index contributed by atoms with van der Waals surface area (Å²) in [5.74, 6) is 0. The van der Waals surface area contributed by atoms with Crippen LogP contribution in [0.4, 0.5) is 5.69 Å². The van der Waals surface area contributed by atoms with E-state index in [4.69, 9.17) is 11.6 Å². The van der Waals surface area contributed by atoms with Crippen LogP contribution in [0.5, 0.6) is 0 Å². The molecule has 0 saturated carbocycles. The van der Waals surface area contributed by atoms with Crippen LogP contribution in [-0.2, 0) is 13.5 Å². The predicted octanol–water partition coefficient (Wildman–Crippen LogP) is 1.96. The molecule has 4 heterocycles. The number of piperazine rings is 1. The molecular formula is C17H21ClN4O. The molecule has 122 valence electrons. The van der Waals surface area contributed by atoms with Crippen molar-refractivity contribution in [1.29, 1.82) is 0 Å². The van der Waals surface area contributed by atoms with Gasteiger partial charge in [-0.05, 0) is 20.9 Å². The first-order valence-electron chi connectivity index (χ1n) is 8.03. The second-order valence-corrected chi connectivity index (χ2v) is 7.29. The normalized spacial score (nSPS) is 24.1. The largest absolute Gasteiger partial charge is 0.364 e. The highest BCUT2D eigenvalue weighted by Gasteiger charge is 2.39. The van der Waals surface area contributed by atoms with Gasteiger partial charge >= 0.3 is 0 Å². The average molecular weight is 333 g/mol. The van der Waals surface area contributed by atoms with Crippen molar-refractivity contribution in [3.8, 4) is 0 Å². The molecule has 0 bridgehead atoms. The van der Waals surface area contributed by atoms with Crippen molar-refractivity contribution >= 4 is 28.2 Å². The molecule has 2 aliphatic heterocycles. The van der Waals surface area contributed by atoms with Crippen molar-refractivity contribution in [2.45, 2.75) is 32.4 Å². The van der Waals surface area contributed by atoms with Crippen LogP contribution in [0.2, 0.25) is 5.02 Å². The minimum Gasteiger partial charge on any atom is -0.364 e. The summed E-state index contributed by atoms with van der Waals surface area (Å²) in [6.45, 7) is 6.02. The zero-order valence-electron chi connectivity index (χ0n) is 13.9. The SMILES string of the molecule is Cc1ncc2c3c(c(=O)n(C)c2c1Cl)CC1CN(C)C(C)CN31. The van der Waals surface area contributed by atoms with E-state index in [1.807, 2.05) is 20.2 Å². The molecule has 4 rings (SSSR count). The minimum atomic E-state index is 0.0738. The second-order valence-electron chi connectivity index (χ2n) is 6.91. The van der Waals surface area contributed by atoms with Crippen molar-refractivity contribution in [3.05, 3.63) is 32.8 Å². The van der Waals surface area contributed by atoms with E-state index in [9.17, 15) is 4.79 Å². The third-order valence-electron chi connectivity index (χ3n) is 5.49. The lowest BCUT2D eigenvalue weighted by atomic mass is 10.1. The second kappa shape index (κ2) is 4.95. The summed E-state index contributed by atoms with van der Waals surface area (Å²) < 4.78 is 1.69. The van der Waals surface area contributed by atoms with Crippen molar-refractivity contribution < 1.29 is 0 Å². The Morgan fingerprint density at radius 3 is 2.78 bits per heavy atom. The van der Waals surface area contributed by atoms with E-state index in [1.54, 1.807) is 4.57 Å². The average Bonchev–Trinajstić information content (AvgIpc) is 2.87. The van der Waals surface area contributed by atoms with E-state index in [2.05, 4.69) is 28.8 Å². The Balaban J connectivity index is 2.03. The number of hydrogen-bond acceptors (Lipinski definition) is 4. The molecule has 6 heteroatoms. The number of rotatable bonds is 0. The lowest BCUT2D eigenvalue weighted by Gasteiger charge is -2.42. The highest BCUT2D eigenvalue weighted by molar-refractivity contribution is 6.36. The maximum atomic E-state index is 12.9. The number of pyridine rings is 2. The van der Waals surface area contributed by atoms with Gasteiger partial charge in [0.1, 0.15) is 0 Å². The van der Waals surface area contributed by atoms with E-state index < -0.39 is 0 Å². The standard InChI is InChI=1S/C17H21ClN4O/c1-9-7-22-11(8-20(9)3)5-12-15(22)13-6-19-10(2)14(18)16(13)21(4)17(12)23/h6,9,11H,5,7-8H2,1-4H3. The topological polar surface area (TPSA) is 41.4 Å². The van der Waals surface area contributed by atoms with Gasteiger partial charge in [-0.3, -0.25) is 14.7 Å². The number of fused-ring (bicyclic) bond motifs is 5. The predicted molar refractivity (Wildman–Crippen MR) is 93.7 cm³/mol. The Morgan fingerprint density at radius 2 is 2.04 bits per heavy atom. The highest BCUT2D eigenvalue weighted by atomic mass is 35.5. The highest BCUT2D eigenvalue weighted by Crippen LogP contribution is 2.40. The maximum Gasteiger partial charge on any atom is 0.256 e. The molecule has 0 N–H and O–H groups in total. The molecule has 2 unspecified atom stereocenters. The van der Waals surface area contributed by atoms with Crippen LogP contribution in [0.3, 0.4) is 0 Å². The molecule has 2 aliphatic rings. The number of nitrogens with zero attached hydrogens (tertiary/aromatic N) is 4. The number of aryl methyl sites for hydroxylation is 2. The molecule has 2 aromatic rings. The molecule has 0 amide bonds. The third kappa shape index (κ3) is 1.96. The Kier molecular flexibility index (Phi) is 3.22. The van der Waals surface area contributed by atoms with E-state index >= 15 is 0 Å². The van der Waals surface area contributed by atoms with E-state index in [0.29, 0.717) is 17.1 Å². The maximum absolute atomic E-state index is 12.9.